The molecule has 1 N–H and O–H groups in total. The van der Waals surface area contributed by atoms with Crippen LogP contribution in [0.3, 0.4) is 0 Å². The zero-order chi connectivity index (χ0) is 9.81. The van der Waals surface area contributed by atoms with Crippen LogP contribution in [0.1, 0.15) is 31.2 Å². The van der Waals surface area contributed by atoms with Crippen LogP contribution in [0.5, 0.6) is 0 Å². The first kappa shape index (κ1) is 8.36. The average Bonchev–Trinajstić information content (AvgIpc) is 2.84. The highest BCUT2D eigenvalue weighted by Gasteiger charge is 2.60. The summed E-state index contributed by atoms with van der Waals surface area (Å²) in [6.45, 7) is 0. The molecule has 0 saturated heterocycles. The number of aliphatic hydroxyl groups is 1. The van der Waals surface area contributed by atoms with Gasteiger partial charge in [0.25, 0.3) is 0 Å². The molecule has 1 aromatic heterocycles. The summed E-state index contributed by atoms with van der Waals surface area (Å²) in [6, 6.07) is 3.05. The molecule has 0 unspecified atom stereocenters. The summed E-state index contributed by atoms with van der Waals surface area (Å²) >= 11 is 0. The molecule has 0 radical (unpaired) electrons. The van der Waals surface area contributed by atoms with Gasteiger partial charge in [-0.15, -0.1) is 0 Å². The van der Waals surface area contributed by atoms with E-state index in [-0.39, 0.29) is 0 Å². The van der Waals surface area contributed by atoms with Gasteiger partial charge in [0.2, 0.25) is 5.95 Å². The third kappa shape index (κ3) is 1.08. The third-order valence-corrected chi connectivity index (χ3v) is 3.56. The molecule has 2 nitrogen and oxygen atoms in total. The molecule has 1 aromatic rings. The number of rotatable bonds is 1. The second-order valence-electron chi connectivity index (χ2n) is 4.75. The minimum Gasteiger partial charge on any atom is -0.385 e. The first-order chi connectivity index (χ1) is 6.62. The van der Waals surface area contributed by atoms with E-state index in [4.69, 9.17) is 0 Å². The smallest absolute Gasteiger partial charge is 0.213 e. The van der Waals surface area contributed by atoms with E-state index in [0.29, 0.717) is 11.0 Å². The van der Waals surface area contributed by atoms with E-state index in [9.17, 15) is 9.50 Å². The van der Waals surface area contributed by atoms with Crippen molar-refractivity contribution >= 4 is 0 Å². The quantitative estimate of drug-likeness (QED) is 0.692. The number of aromatic nitrogens is 1. The van der Waals surface area contributed by atoms with E-state index in [0.717, 1.165) is 12.8 Å². The van der Waals surface area contributed by atoms with Gasteiger partial charge in [0.15, 0.2) is 0 Å². The van der Waals surface area contributed by atoms with Crippen LogP contribution in [0.15, 0.2) is 18.3 Å². The van der Waals surface area contributed by atoms with Crippen LogP contribution >= 0.6 is 0 Å². The van der Waals surface area contributed by atoms with E-state index in [2.05, 4.69) is 4.98 Å². The van der Waals surface area contributed by atoms with E-state index in [1.165, 1.54) is 25.1 Å². The van der Waals surface area contributed by atoms with Crippen LogP contribution < -0.4 is 0 Å². The van der Waals surface area contributed by atoms with Crippen molar-refractivity contribution in [2.45, 2.75) is 31.3 Å². The summed E-state index contributed by atoms with van der Waals surface area (Å²) in [5, 5.41) is 10.2. The molecule has 2 fully saturated rings. The average molecular weight is 193 g/mol. The first-order valence-corrected chi connectivity index (χ1v) is 4.97. The molecule has 2 saturated carbocycles. The summed E-state index contributed by atoms with van der Waals surface area (Å²) in [6.07, 6.45) is 5.46. The monoisotopic (exact) mass is 193 g/mol. The minimum atomic E-state index is -0.777. The lowest BCUT2D eigenvalue weighted by atomic mass is 9.65. The van der Waals surface area contributed by atoms with Crippen molar-refractivity contribution in [3.8, 4) is 0 Å². The molecule has 0 bridgehead atoms. The topological polar surface area (TPSA) is 33.1 Å². The molecule has 14 heavy (non-hydrogen) atoms. The number of nitrogens with zero attached hydrogens (tertiary/aromatic N) is 1. The Hall–Kier alpha value is -0.960. The Bertz CT molecular complexity index is 379. The van der Waals surface area contributed by atoms with Gasteiger partial charge in [0, 0.05) is 6.20 Å². The maximum atomic E-state index is 12.8. The summed E-state index contributed by atoms with van der Waals surface area (Å²) < 4.78 is 12.8. The predicted octanol–water partition coefficient (Wildman–Crippen LogP) is 1.98. The van der Waals surface area contributed by atoms with Gasteiger partial charge in [-0.1, -0.05) is 0 Å². The van der Waals surface area contributed by atoms with Crippen molar-refractivity contribution in [2.24, 2.45) is 5.41 Å². The van der Waals surface area contributed by atoms with Crippen molar-refractivity contribution in [1.82, 2.24) is 4.98 Å². The summed E-state index contributed by atoms with van der Waals surface area (Å²) in [5.41, 5.74) is 0.317. The van der Waals surface area contributed by atoms with Gasteiger partial charge >= 0.3 is 0 Å². The van der Waals surface area contributed by atoms with Crippen molar-refractivity contribution in [2.75, 3.05) is 0 Å². The lowest BCUT2D eigenvalue weighted by Crippen LogP contribution is -2.42. The largest absolute Gasteiger partial charge is 0.385 e. The molecule has 0 aliphatic heterocycles. The fourth-order valence-electron chi connectivity index (χ4n) is 2.62. The molecule has 74 valence electrons. The van der Waals surface area contributed by atoms with Crippen LogP contribution in [-0.4, -0.2) is 10.1 Å². The van der Waals surface area contributed by atoms with E-state index >= 15 is 0 Å². The van der Waals surface area contributed by atoms with Gasteiger partial charge in [0.05, 0.1) is 5.60 Å². The van der Waals surface area contributed by atoms with E-state index in [1.54, 1.807) is 6.07 Å². The fourth-order valence-corrected chi connectivity index (χ4v) is 2.62. The number of hydrogen-bond donors (Lipinski definition) is 1. The molecule has 1 spiro atoms. The minimum absolute atomic E-state index is 0.411. The fraction of sp³-hybridized carbons (Fsp3) is 0.545. The Morgan fingerprint density at radius 2 is 2.07 bits per heavy atom. The highest BCUT2D eigenvalue weighted by Crippen LogP contribution is 2.67. The molecule has 0 aromatic carbocycles. The Labute approximate surface area is 81.8 Å². The molecular weight excluding hydrogens is 181 g/mol. The molecule has 0 amide bonds. The SMILES string of the molecule is OC1(c2ccnc(F)c2)CC2(CC2)C1. The molecule has 1 heterocycles. The zero-order valence-corrected chi connectivity index (χ0v) is 7.83. The number of hydrogen-bond acceptors (Lipinski definition) is 2. The van der Waals surface area contributed by atoms with Crippen molar-refractivity contribution in [3.05, 3.63) is 29.8 Å². The Balaban J connectivity index is 1.88. The third-order valence-electron chi connectivity index (χ3n) is 3.56. The standard InChI is InChI=1S/C11H12FNO/c12-9-5-8(1-4-13-9)11(14)6-10(7-11)2-3-10/h1,4-5,14H,2-3,6-7H2. The highest BCUT2D eigenvalue weighted by atomic mass is 19.1. The van der Waals surface area contributed by atoms with Gasteiger partial charge in [0.1, 0.15) is 0 Å². The zero-order valence-electron chi connectivity index (χ0n) is 7.83. The van der Waals surface area contributed by atoms with E-state index < -0.39 is 11.5 Å². The van der Waals surface area contributed by atoms with Crippen molar-refractivity contribution in [1.29, 1.82) is 0 Å². The van der Waals surface area contributed by atoms with Crippen LogP contribution in [-0.2, 0) is 5.60 Å². The molecule has 2 aliphatic carbocycles. The lowest BCUT2D eigenvalue weighted by Gasteiger charge is -2.44. The summed E-state index contributed by atoms with van der Waals surface area (Å²) in [7, 11) is 0. The second-order valence-corrected chi connectivity index (χ2v) is 4.75. The van der Waals surface area contributed by atoms with Crippen molar-refractivity contribution in [3.63, 3.8) is 0 Å². The molecule has 3 heteroatoms. The van der Waals surface area contributed by atoms with Gasteiger partial charge in [-0.25, -0.2) is 4.98 Å². The Kier molecular flexibility index (Phi) is 1.40. The van der Waals surface area contributed by atoms with Crippen LogP contribution in [0.25, 0.3) is 0 Å². The molecule has 0 atom stereocenters. The van der Waals surface area contributed by atoms with Gasteiger partial charge in [-0.2, -0.15) is 4.39 Å². The Morgan fingerprint density at radius 1 is 1.36 bits per heavy atom. The Morgan fingerprint density at radius 3 is 2.64 bits per heavy atom. The number of pyridine rings is 1. The lowest BCUT2D eigenvalue weighted by molar-refractivity contribution is -0.0919. The van der Waals surface area contributed by atoms with E-state index in [1.807, 2.05) is 0 Å². The highest BCUT2D eigenvalue weighted by molar-refractivity contribution is 5.27. The molecular formula is C11H12FNO. The molecule has 3 rings (SSSR count). The van der Waals surface area contributed by atoms with Crippen molar-refractivity contribution < 1.29 is 9.50 Å². The normalized spacial score (nSPS) is 25.9. The van der Waals surface area contributed by atoms with Gasteiger partial charge in [-0.3, -0.25) is 0 Å². The van der Waals surface area contributed by atoms with Crippen LogP contribution in [0.4, 0.5) is 4.39 Å². The summed E-state index contributed by atoms with van der Waals surface area (Å²) in [4.78, 5) is 3.49. The van der Waals surface area contributed by atoms with Gasteiger partial charge < -0.3 is 5.11 Å². The number of halogens is 1. The van der Waals surface area contributed by atoms with Crippen LogP contribution in [0, 0.1) is 11.4 Å². The molecule has 2 aliphatic rings. The maximum Gasteiger partial charge on any atom is 0.213 e. The summed E-state index contributed by atoms with van der Waals surface area (Å²) in [5.74, 6) is -0.507. The maximum absolute atomic E-state index is 12.8. The van der Waals surface area contributed by atoms with Crippen LogP contribution in [0.2, 0.25) is 0 Å². The van der Waals surface area contributed by atoms with Gasteiger partial charge in [-0.05, 0) is 48.8 Å². The first-order valence-electron chi connectivity index (χ1n) is 4.97. The second kappa shape index (κ2) is 2.34. The predicted molar refractivity (Wildman–Crippen MR) is 49.0 cm³/mol.